The second kappa shape index (κ2) is 4.63. The van der Waals surface area contributed by atoms with Crippen LogP contribution in [0.4, 0.5) is 0 Å². The fourth-order valence-electron chi connectivity index (χ4n) is 1.98. The van der Waals surface area contributed by atoms with Crippen LogP contribution in [0.2, 0.25) is 0 Å². The first-order valence-electron chi connectivity index (χ1n) is 4.63. The highest BCUT2D eigenvalue weighted by molar-refractivity contribution is 4.87. The molecule has 0 aliphatic carbocycles. The third-order valence-corrected chi connectivity index (χ3v) is 2.71. The first-order valence-corrected chi connectivity index (χ1v) is 4.63. The Morgan fingerprint density at radius 2 is 2.50 bits per heavy atom. The van der Waals surface area contributed by atoms with Gasteiger partial charge in [0.1, 0.15) is 0 Å². The monoisotopic (exact) mass is 169 g/mol. The van der Waals surface area contributed by atoms with Gasteiger partial charge in [-0.3, -0.25) is 0 Å². The van der Waals surface area contributed by atoms with E-state index in [1.807, 2.05) is 6.08 Å². The fourth-order valence-corrected chi connectivity index (χ4v) is 1.98. The lowest BCUT2D eigenvalue weighted by Crippen LogP contribution is -2.37. The molecule has 0 bridgehead atoms. The van der Waals surface area contributed by atoms with Crippen molar-refractivity contribution < 1.29 is 4.74 Å². The molecule has 0 aromatic heterocycles. The molecule has 2 heteroatoms. The van der Waals surface area contributed by atoms with Gasteiger partial charge in [-0.05, 0) is 32.9 Å². The molecule has 1 saturated heterocycles. The van der Waals surface area contributed by atoms with Crippen molar-refractivity contribution in [2.45, 2.75) is 31.4 Å². The second-order valence-corrected chi connectivity index (χ2v) is 3.49. The third kappa shape index (κ3) is 2.08. The van der Waals surface area contributed by atoms with E-state index >= 15 is 0 Å². The van der Waals surface area contributed by atoms with Crippen LogP contribution in [0.5, 0.6) is 0 Å². The third-order valence-electron chi connectivity index (χ3n) is 2.71. The van der Waals surface area contributed by atoms with Gasteiger partial charge in [0.2, 0.25) is 0 Å². The lowest BCUT2D eigenvalue weighted by molar-refractivity contribution is 0.0418. The summed E-state index contributed by atoms with van der Waals surface area (Å²) in [6, 6.07) is 0.605. The number of hydrogen-bond donors (Lipinski definition) is 0. The van der Waals surface area contributed by atoms with Crippen molar-refractivity contribution in [1.82, 2.24) is 4.90 Å². The van der Waals surface area contributed by atoms with E-state index in [4.69, 9.17) is 4.74 Å². The average molecular weight is 169 g/mol. The van der Waals surface area contributed by atoms with Crippen LogP contribution >= 0.6 is 0 Å². The summed E-state index contributed by atoms with van der Waals surface area (Å²) in [4.78, 5) is 2.39. The zero-order valence-corrected chi connectivity index (χ0v) is 8.12. The number of ether oxygens (including phenoxy) is 1. The van der Waals surface area contributed by atoms with Gasteiger partial charge in [-0.2, -0.15) is 0 Å². The molecule has 12 heavy (non-hydrogen) atoms. The Kier molecular flexibility index (Phi) is 3.76. The maximum absolute atomic E-state index is 5.43. The molecular formula is C10H19NO. The Morgan fingerprint density at radius 3 is 2.92 bits per heavy atom. The maximum atomic E-state index is 5.43. The van der Waals surface area contributed by atoms with Crippen LogP contribution in [0, 0.1) is 0 Å². The van der Waals surface area contributed by atoms with Crippen LogP contribution in [0.25, 0.3) is 0 Å². The number of likely N-dealkylation sites (N-methyl/N-ethyl adjacent to an activating group) is 1. The highest BCUT2D eigenvalue weighted by Crippen LogP contribution is 2.21. The summed E-state index contributed by atoms with van der Waals surface area (Å²) in [5, 5.41) is 0. The average Bonchev–Trinajstić information content (AvgIpc) is 2.47. The second-order valence-electron chi connectivity index (χ2n) is 3.49. The zero-order valence-electron chi connectivity index (χ0n) is 8.12. The summed E-state index contributed by atoms with van der Waals surface area (Å²) in [7, 11) is 3.97. The van der Waals surface area contributed by atoms with E-state index in [9.17, 15) is 0 Å². The molecule has 1 aliphatic heterocycles. The summed E-state index contributed by atoms with van der Waals surface area (Å²) in [6.45, 7) is 4.96. The van der Waals surface area contributed by atoms with Gasteiger partial charge in [-0.1, -0.05) is 6.08 Å². The van der Waals surface area contributed by atoms with Crippen LogP contribution in [-0.4, -0.2) is 37.7 Å². The Labute approximate surface area is 75.2 Å². The number of hydrogen-bond acceptors (Lipinski definition) is 2. The van der Waals surface area contributed by atoms with Crippen molar-refractivity contribution in [1.29, 1.82) is 0 Å². The van der Waals surface area contributed by atoms with Gasteiger partial charge in [-0.15, -0.1) is 6.58 Å². The number of methoxy groups -OCH3 is 1. The molecule has 0 aromatic carbocycles. The number of likely N-dealkylation sites (tertiary alicyclic amines) is 1. The first-order chi connectivity index (χ1) is 5.79. The number of rotatable bonds is 4. The van der Waals surface area contributed by atoms with Crippen molar-refractivity contribution in [2.24, 2.45) is 0 Å². The normalized spacial score (nSPS) is 27.3. The maximum Gasteiger partial charge on any atom is 0.0760 e. The topological polar surface area (TPSA) is 12.5 Å². The zero-order chi connectivity index (χ0) is 8.97. The smallest absolute Gasteiger partial charge is 0.0760 e. The minimum absolute atomic E-state index is 0.343. The molecule has 70 valence electrons. The van der Waals surface area contributed by atoms with Crippen LogP contribution in [0.1, 0.15) is 19.3 Å². The molecule has 0 saturated carbocycles. The quantitative estimate of drug-likeness (QED) is 0.594. The molecular weight excluding hydrogens is 150 g/mol. The van der Waals surface area contributed by atoms with Crippen molar-refractivity contribution in [3.8, 4) is 0 Å². The summed E-state index contributed by atoms with van der Waals surface area (Å²) >= 11 is 0. The molecule has 0 amide bonds. The SMILES string of the molecule is C=CCC(OC)C1CCCN1C. The predicted octanol–water partition coefficient (Wildman–Crippen LogP) is 1.67. The molecule has 0 aromatic rings. The van der Waals surface area contributed by atoms with Gasteiger partial charge in [0, 0.05) is 13.2 Å². The van der Waals surface area contributed by atoms with Crippen LogP contribution in [-0.2, 0) is 4.74 Å². The lowest BCUT2D eigenvalue weighted by atomic mass is 10.1. The van der Waals surface area contributed by atoms with Gasteiger partial charge < -0.3 is 9.64 Å². The van der Waals surface area contributed by atoms with Gasteiger partial charge in [0.25, 0.3) is 0 Å². The summed E-state index contributed by atoms with van der Waals surface area (Å²) < 4.78 is 5.43. The Balaban J connectivity index is 2.46. The van der Waals surface area contributed by atoms with E-state index in [0.717, 1.165) is 6.42 Å². The minimum atomic E-state index is 0.343. The molecule has 1 heterocycles. The minimum Gasteiger partial charge on any atom is -0.380 e. The van der Waals surface area contributed by atoms with Gasteiger partial charge in [0.05, 0.1) is 6.10 Å². The Bertz CT molecular complexity index is 147. The molecule has 1 rings (SSSR count). The van der Waals surface area contributed by atoms with E-state index in [1.165, 1.54) is 19.4 Å². The van der Waals surface area contributed by atoms with E-state index in [2.05, 4.69) is 18.5 Å². The first kappa shape index (κ1) is 9.75. The standard InChI is InChI=1S/C10H19NO/c1-4-6-10(12-3)9-7-5-8-11(9)2/h4,9-10H,1,5-8H2,2-3H3. The largest absolute Gasteiger partial charge is 0.380 e. The lowest BCUT2D eigenvalue weighted by Gasteiger charge is -2.26. The van der Waals surface area contributed by atoms with Crippen molar-refractivity contribution >= 4 is 0 Å². The Morgan fingerprint density at radius 1 is 1.75 bits per heavy atom. The predicted molar refractivity (Wildman–Crippen MR) is 51.3 cm³/mol. The highest BCUT2D eigenvalue weighted by Gasteiger charge is 2.28. The molecule has 2 nitrogen and oxygen atoms in total. The van der Waals surface area contributed by atoms with Crippen molar-refractivity contribution in [3.63, 3.8) is 0 Å². The van der Waals surface area contributed by atoms with Crippen LogP contribution < -0.4 is 0 Å². The van der Waals surface area contributed by atoms with Gasteiger partial charge in [0.15, 0.2) is 0 Å². The summed E-state index contributed by atoms with van der Waals surface area (Å²) in [5.41, 5.74) is 0. The highest BCUT2D eigenvalue weighted by atomic mass is 16.5. The van der Waals surface area contributed by atoms with E-state index < -0.39 is 0 Å². The number of nitrogens with zero attached hydrogens (tertiary/aromatic N) is 1. The van der Waals surface area contributed by atoms with Gasteiger partial charge in [-0.25, -0.2) is 0 Å². The van der Waals surface area contributed by atoms with Crippen molar-refractivity contribution in [2.75, 3.05) is 20.7 Å². The molecule has 1 fully saturated rings. The fraction of sp³-hybridized carbons (Fsp3) is 0.800. The molecule has 2 atom stereocenters. The van der Waals surface area contributed by atoms with E-state index in [-0.39, 0.29) is 0 Å². The molecule has 0 N–H and O–H groups in total. The van der Waals surface area contributed by atoms with Crippen LogP contribution in [0.3, 0.4) is 0 Å². The summed E-state index contributed by atoms with van der Waals surface area (Å²) in [5.74, 6) is 0. The molecule has 2 unspecified atom stereocenters. The summed E-state index contributed by atoms with van der Waals surface area (Å²) in [6.07, 6.45) is 5.82. The molecule has 1 aliphatic rings. The molecule has 0 radical (unpaired) electrons. The van der Waals surface area contributed by atoms with E-state index in [1.54, 1.807) is 7.11 Å². The van der Waals surface area contributed by atoms with E-state index in [0.29, 0.717) is 12.1 Å². The molecule has 0 spiro atoms. The van der Waals surface area contributed by atoms with Gasteiger partial charge >= 0.3 is 0 Å². The van der Waals surface area contributed by atoms with Crippen molar-refractivity contribution in [3.05, 3.63) is 12.7 Å². The van der Waals surface area contributed by atoms with Crippen LogP contribution in [0.15, 0.2) is 12.7 Å². The Hall–Kier alpha value is -0.340.